The zero-order valence-corrected chi connectivity index (χ0v) is 77.7. The third-order valence-corrected chi connectivity index (χ3v) is 27.4. The number of nitrogens with zero attached hydrogens (tertiary/aromatic N) is 9. The van der Waals surface area contributed by atoms with E-state index in [1.54, 1.807) is 0 Å². The van der Waals surface area contributed by atoms with Crippen molar-refractivity contribution in [3.63, 3.8) is 0 Å². The number of hydrogen-bond donors (Lipinski definition) is 0. The largest absolute Gasteiger partial charge is 0.299 e. The molecule has 27 aromatic rings. The Kier molecular flexibility index (Phi) is 22.0. The van der Waals surface area contributed by atoms with Crippen LogP contribution in [0.4, 0.5) is 0 Å². The summed E-state index contributed by atoms with van der Waals surface area (Å²) < 4.78 is 6.55. The van der Waals surface area contributed by atoms with Crippen LogP contribution in [0.3, 0.4) is 0 Å². The van der Waals surface area contributed by atoms with Gasteiger partial charge in [0.15, 0.2) is 0 Å². The van der Waals surface area contributed by atoms with Crippen LogP contribution in [0.15, 0.2) is 523 Å². The van der Waals surface area contributed by atoms with Gasteiger partial charge in [0.05, 0.1) is 39.9 Å². The molecule has 0 aliphatic carbocycles. The first-order valence-corrected chi connectivity index (χ1v) is 48.1. The summed E-state index contributed by atoms with van der Waals surface area (Å²) in [4.78, 5) is 28.8. The lowest BCUT2D eigenvalue weighted by atomic mass is 9.89. The highest BCUT2D eigenvalue weighted by molar-refractivity contribution is 6.17. The number of rotatable bonds is 15. The van der Waals surface area contributed by atoms with Gasteiger partial charge < -0.3 is 0 Å². The number of benzene rings is 18. The highest BCUT2D eigenvalue weighted by Crippen LogP contribution is 2.47. The summed E-state index contributed by atoms with van der Waals surface area (Å²) >= 11 is 0. The summed E-state index contributed by atoms with van der Waals surface area (Å²) in [7, 11) is 0. The van der Waals surface area contributed by atoms with E-state index in [0.717, 1.165) is 152 Å². The zero-order chi connectivity index (χ0) is 94.3. The minimum Gasteiger partial charge on any atom is -0.299 e. The molecule has 9 heteroatoms. The first-order valence-electron chi connectivity index (χ1n) is 48.1. The van der Waals surface area contributed by atoms with E-state index in [1.807, 2.05) is 80.2 Å². The molecule has 18 aromatic carbocycles. The van der Waals surface area contributed by atoms with Crippen molar-refractivity contribution in [1.82, 2.24) is 43.1 Å². The Bertz CT molecular complexity index is 9080. The van der Waals surface area contributed by atoms with Gasteiger partial charge in [-0.2, -0.15) is 0 Å². The average molecular weight is 1810 g/mol. The molecule has 0 aliphatic rings. The van der Waals surface area contributed by atoms with Gasteiger partial charge in [-0.05, 0) is 295 Å². The van der Waals surface area contributed by atoms with Crippen LogP contribution in [-0.2, 0) is 0 Å². The molecule has 0 radical (unpaired) electrons. The molecular formula is C133H89N9. The lowest BCUT2D eigenvalue weighted by molar-refractivity contribution is 1.19. The normalized spacial score (nSPS) is 11.4. The summed E-state index contributed by atoms with van der Waals surface area (Å²) in [6.07, 6.45) is 13.8. The molecule has 0 spiro atoms. The Morgan fingerprint density at radius 3 is 0.810 bits per heavy atom. The van der Waals surface area contributed by atoms with Crippen molar-refractivity contribution in [1.29, 1.82) is 0 Å². The summed E-state index contributed by atoms with van der Waals surface area (Å²) in [6.45, 7) is 2.05. The molecule has 0 saturated carbocycles. The van der Waals surface area contributed by atoms with Crippen molar-refractivity contribution in [3.8, 4) is 168 Å². The van der Waals surface area contributed by atoms with Gasteiger partial charge in [0.25, 0.3) is 0 Å². The van der Waals surface area contributed by atoms with Crippen LogP contribution in [-0.4, -0.2) is 43.1 Å². The second kappa shape index (κ2) is 36.9. The zero-order valence-electron chi connectivity index (χ0n) is 77.7. The first kappa shape index (κ1) is 84.8. The molecule has 0 fully saturated rings. The maximum absolute atomic E-state index is 5.04. The standard InChI is InChI=1S/C45H31N3.2C44H29N3/c1-30-12-11-19-42(46-30)37-27-35(26-36(28-37)41-29-34-15-5-6-16-38(34)39-17-7-8-18-40(39)41)31-21-23-33(24-22-31)45-44(32-13-3-2-4-14-32)47-43-20-9-10-25-48(43)45;1-2-11-31(12-3-1)43-44(47-24-9-8-18-42(47)46-43)32-21-19-30(20-22-32)35-25-36(34-14-10-23-45-29-34)27-37(26-35)41-28-33-13-4-5-15-38(33)39-16-6-7-17-40(39)41;1-2-10-32(11-3-1)43-44(47-25-9-8-16-42(47)46-43)33-19-17-30(18-20-33)35-26-36(31-21-23-45-24-22-31)28-37(27-35)41-29-34-12-4-5-13-38(34)39-14-6-7-15-40(39)41/h2-29H,1H3;2*1-29H. The summed E-state index contributed by atoms with van der Waals surface area (Å²) in [5, 5.41) is 15.1. The van der Waals surface area contributed by atoms with Crippen molar-refractivity contribution >= 4 is 81.6 Å². The van der Waals surface area contributed by atoms with E-state index in [2.05, 4.69) is 472 Å². The molecule has 9 aromatic heterocycles. The Morgan fingerprint density at radius 1 is 0.169 bits per heavy atom. The van der Waals surface area contributed by atoms with Crippen molar-refractivity contribution in [3.05, 3.63) is 528 Å². The van der Waals surface area contributed by atoms with Gasteiger partial charge >= 0.3 is 0 Å². The van der Waals surface area contributed by atoms with E-state index < -0.39 is 0 Å². The third-order valence-electron chi connectivity index (χ3n) is 27.4. The van der Waals surface area contributed by atoms with Crippen LogP contribution in [0.25, 0.3) is 249 Å². The van der Waals surface area contributed by atoms with Crippen molar-refractivity contribution in [2.75, 3.05) is 0 Å². The quantitative estimate of drug-likeness (QED) is 0.0950. The molecule has 0 bridgehead atoms. The van der Waals surface area contributed by atoms with E-state index >= 15 is 0 Å². The van der Waals surface area contributed by atoms with Gasteiger partial charge in [0, 0.05) is 93.6 Å². The maximum Gasteiger partial charge on any atom is 0.137 e. The molecule has 666 valence electrons. The van der Waals surface area contributed by atoms with Gasteiger partial charge in [-0.1, -0.05) is 340 Å². The van der Waals surface area contributed by atoms with Crippen molar-refractivity contribution in [2.45, 2.75) is 6.92 Å². The van der Waals surface area contributed by atoms with Crippen molar-refractivity contribution < 1.29 is 0 Å². The monoisotopic (exact) mass is 1810 g/mol. The molecule has 142 heavy (non-hydrogen) atoms. The van der Waals surface area contributed by atoms with Crippen molar-refractivity contribution in [2.24, 2.45) is 0 Å². The number of pyridine rings is 6. The Hall–Kier alpha value is -19.0. The molecule has 9 heterocycles. The van der Waals surface area contributed by atoms with Gasteiger partial charge in [0.2, 0.25) is 0 Å². The van der Waals surface area contributed by atoms with E-state index in [0.29, 0.717) is 0 Å². The fourth-order valence-electron chi connectivity index (χ4n) is 20.7. The second-order valence-corrected chi connectivity index (χ2v) is 36.2. The number of aromatic nitrogens is 9. The van der Waals surface area contributed by atoms with Crippen LogP contribution < -0.4 is 0 Å². The second-order valence-electron chi connectivity index (χ2n) is 36.2. The predicted octanol–water partition coefficient (Wildman–Crippen LogP) is 34.4. The smallest absolute Gasteiger partial charge is 0.137 e. The van der Waals surface area contributed by atoms with E-state index in [4.69, 9.17) is 19.9 Å². The maximum atomic E-state index is 5.04. The lowest BCUT2D eigenvalue weighted by Crippen LogP contribution is -1.92. The molecule has 0 aliphatic heterocycles. The van der Waals surface area contributed by atoms with Crippen LogP contribution in [0.1, 0.15) is 5.69 Å². The summed E-state index contributed by atoms with van der Waals surface area (Å²) in [6, 6.07) is 171. The van der Waals surface area contributed by atoms with Crippen LogP contribution in [0.5, 0.6) is 0 Å². The third kappa shape index (κ3) is 16.2. The van der Waals surface area contributed by atoms with Gasteiger partial charge in [-0.25, -0.2) is 15.0 Å². The first-order chi connectivity index (χ1) is 70.3. The molecule has 27 rings (SSSR count). The highest BCUT2D eigenvalue weighted by atomic mass is 15.0. The summed E-state index contributed by atoms with van der Waals surface area (Å²) in [5.74, 6) is 0. The minimum absolute atomic E-state index is 0.932. The summed E-state index contributed by atoms with van der Waals surface area (Å²) in [5.41, 5.74) is 37.4. The van der Waals surface area contributed by atoms with Crippen LogP contribution >= 0.6 is 0 Å². The molecule has 0 atom stereocenters. The Morgan fingerprint density at radius 2 is 0.458 bits per heavy atom. The van der Waals surface area contributed by atoms with Crippen LogP contribution in [0, 0.1) is 6.92 Å². The number of aryl methyl sites for hydroxylation is 1. The topological polar surface area (TPSA) is 90.6 Å². The molecule has 0 amide bonds. The molecule has 0 N–H and O–H groups in total. The Labute approximate surface area is 822 Å². The lowest BCUT2D eigenvalue weighted by Gasteiger charge is -2.15. The fourth-order valence-corrected chi connectivity index (χ4v) is 20.7. The highest BCUT2D eigenvalue weighted by Gasteiger charge is 2.24. The number of imidazole rings is 3. The molecular weight excluding hydrogens is 1720 g/mol. The van der Waals surface area contributed by atoms with Gasteiger partial charge in [-0.3, -0.25) is 28.2 Å². The van der Waals surface area contributed by atoms with Gasteiger partial charge in [-0.15, -0.1) is 0 Å². The van der Waals surface area contributed by atoms with E-state index in [1.165, 1.54) is 104 Å². The molecule has 9 nitrogen and oxygen atoms in total. The number of fused-ring (bicyclic) bond motifs is 12. The van der Waals surface area contributed by atoms with Gasteiger partial charge in [0.1, 0.15) is 16.9 Å². The Balaban J connectivity index is 0.000000112. The predicted molar refractivity (Wildman–Crippen MR) is 590 cm³/mol. The minimum atomic E-state index is 0.932. The number of hydrogen-bond acceptors (Lipinski definition) is 6. The fraction of sp³-hybridized carbons (Fsp3) is 0.00752. The molecule has 0 unspecified atom stereocenters. The van der Waals surface area contributed by atoms with Crippen LogP contribution in [0.2, 0.25) is 0 Å². The van der Waals surface area contributed by atoms with E-state index in [-0.39, 0.29) is 0 Å². The average Bonchev–Trinajstić information content (AvgIpc) is 1.39. The van der Waals surface area contributed by atoms with E-state index in [9.17, 15) is 0 Å². The molecule has 0 saturated heterocycles. The SMILES string of the molecule is Cc1cccc(-c2cc(-c3ccc(-c4c(-c5ccccc5)nc5ccccn45)cc3)cc(-c3cc4ccccc4c4ccccc34)c2)n1.c1ccc(-c2nc3ccccn3c2-c2ccc(-c3cc(-c4cccnc4)cc(-c4cc5ccccc5c5ccccc45)c3)cc2)cc1.c1ccc(-c2nc3ccccn3c2-c2ccc(-c3cc(-c4ccncc4)cc(-c4cc5ccccc5c5ccccc45)c3)cc2)cc1.